The summed E-state index contributed by atoms with van der Waals surface area (Å²) in [6.45, 7) is 0. The van der Waals surface area contributed by atoms with Crippen LogP contribution in [0.3, 0.4) is 0 Å². The van der Waals surface area contributed by atoms with E-state index in [-0.39, 0.29) is 0 Å². The summed E-state index contributed by atoms with van der Waals surface area (Å²) in [6.07, 6.45) is 5.27. The lowest BCUT2D eigenvalue weighted by atomic mass is 9.94. The van der Waals surface area contributed by atoms with E-state index in [1.54, 1.807) is 0 Å². The summed E-state index contributed by atoms with van der Waals surface area (Å²) in [6, 6.07) is 8.52. The molecule has 0 nitrogen and oxygen atoms in total. The van der Waals surface area contributed by atoms with Crippen LogP contribution < -0.4 is 0 Å². The van der Waals surface area contributed by atoms with E-state index in [2.05, 4.69) is 40.2 Å². The fraction of sp³-hybridized carbons (Fsp3) is 0.571. The van der Waals surface area contributed by atoms with Crippen molar-refractivity contribution in [2.45, 2.75) is 31.1 Å². The molecule has 1 aromatic rings. The predicted molar refractivity (Wildman–Crippen MR) is 71.8 cm³/mol. The van der Waals surface area contributed by atoms with Gasteiger partial charge in [-0.2, -0.15) is 0 Å². The van der Waals surface area contributed by atoms with Crippen LogP contribution in [-0.2, 0) is 6.42 Å². The normalized spacial score (nSPS) is 33.5. The van der Waals surface area contributed by atoms with Gasteiger partial charge >= 0.3 is 0 Å². The standard InChI is InChI=1S/C14H16BrCl/c15-13-3-1-2-9(4-13)5-14(16)12-7-10-6-11(10)8-12/h1-4,10-12,14H,5-8H2. The van der Waals surface area contributed by atoms with Crippen LogP contribution in [0, 0.1) is 17.8 Å². The van der Waals surface area contributed by atoms with Crippen LogP contribution in [0.2, 0.25) is 0 Å². The Morgan fingerprint density at radius 2 is 2.00 bits per heavy atom. The second-order valence-corrected chi connectivity index (χ2v) is 6.81. The lowest BCUT2D eigenvalue weighted by Crippen LogP contribution is -2.16. The summed E-state index contributed by atoms with van der Waals surface area (Å²) < 4.78 is 1.16. The van der Waals surface area contributed by atoms with Crippen LogP contribution in [0.4, 0.5) is 0 Å². The number of rotatable bonds is 3. The molecule has 0 spiro atoms. The summed E-state index contributed by atoms with van der Waals surface area (Å²) in [7, 11) is 0. The molecule has 0 radical (unpaired) electrons. The van der Waals surface area contributed by atoms with E-state index in [0.29, 0.717) is 5.38 Å². The first kappa shape index (κ1) is 11.1. The van der Waals surface area contributed by atoms with Gasteiger partial charge in [-0.05, 0) is 61.1 Å². The first-order valence-corrected chi connectivity index (χ1v) is 7.34. The van der Waals surface area contributed by atoms with Crippen molar-refractivity contribution in [2.24, 2.45) is 17.8 Å². The van der Waals surface area contributed by atoms with Crippen molar-refractivity contribution in [3.05, 3.63) is 34.3 Å². The molecular weight excluding hydrogens is 284 g/mol. The summed E-state index contributed by atoms with van der Waals surface area (Å²) in [4.78, 5) is 0. The molecule has 0 saturated heterocycles. The van der Waals surface area contributed by atoms with Gasteiger partial charge in [0.25, 0.3) is 0 Å². The second-order valence-electron chi connectivity index (χ2n) is 5.34. The van der Waals surface area contributed by atoms with Gasteiger partial charge < -0.3 is 0 Å². The summed E-state index contributed by atoms with van der Waals surface area (Å²) in [5.41, 5.74) is 1.36. The van der Waals surface area contributed by atoms with Crippen molar-refractivity contribution in [3.8, 4) is 0 Å². The van der Waals surface area contributed by atoms with E-state index in [4.69, 9.17) is 11.6 Å². The van der Waals surface area contributed by atoms with Crippen molar-refractivity contribution < 1.29 is 0 Å². The van der Waals surface area contributed by atoms with Crippen LogP contribution in [0.15, 0.2) is 28.7 Å². The summed E-state index contributed by atoms with van der Waals surface area (Å²) in [5, 5.41) is 0.335. The number of benzene rings is 1. The molecule has 0 aliphatic heterocycles. The molecule has 2 aliphatic rings. The smallest absolute Gasteiger partial charge is 0.0404 e. The summed E-state index contributed by atoms with van der Waals surface area (Å²) >= 11 is 10.1. The molecule has 2 aliphatic carbocycles. The van der Waals surface area contributed by atoms with Gasteiger partial charge in [0.1, 0.15) is 0 Å². The minimum atomic E-state index is 0.335. The Bertz CT molecular complexity index is 380. The lowest BCUT2D eigenvalue weighted by molar-refractivity contribution is 0.460. The van der Waals surface area contributed by atoms with Gasteiger partial charge in [-0.15, -0.1) is 11.6 Å². The van der Waals surface area contributed by atoms with Crippen molar-refractivity contribution in [1.29, 1.82) is 0 Å². The molecule has 0 N–H and O–H groups in total. The van der Waals surface area contributed by atoms with E-state index < -0.39 is 0 Å². The monoisotopic (exact) mass is 298 g/mol. The zero-order chi connectivity index (χ0) is 11.1. The Labute approximate surface area is 111 Å². The van der Waals surface area contributed by atoms with Gasteiger partial charge in [-0.1, -0.05) is 28.1 Å². The highest BCUT2D eigenvalue weighted by molar-refractivity contribution is 9.10. The Morgan fingerprint density at radius 1 is 1.25 bits per heavy atom. The topological polar surface area (TPSA) is 0 Å². The molecule has 0 bridgehead atoms. The maximum absolute atomic E-state index is 6.54. The van der Waals surface area contributed by atoms with Crippen molar-refractivity contribution in [3.63, 3.8) is 0 Å². The highest BCUT2D eigenvalue weighted by Crippen LogP contribution is 2.56. The zero-order valence-electron chi connectivity index (χ0n) is 9.20. The van der Waals surface area contributed by atoms with Gasteiger partial charge in [0.05, 0.1) is 0 Å². The third kappa shape index (κ3) is 2.31. The fourth-order valence-corrected chi connectivity index (χ4v) is 3.94. The molecular formula is C14H16BrCl. The van der Waals surface area contributed by atoms with E-state index in [0.717, 1.165) is 28.6 Å². The first-order valence-electron chi connectivity index (χ1n) is 6.11. The fourth-order valence-electron chi connectivity index (χ4n) is 3.11. The molecule has 16 heavy (non-hydrogen) atoms. The van der Waals surface area contributed by atoms with Crippen molar-refractivity contribution in [2.75, 3.05) is 0 Å². The SMILES string of the molecule is ClC(Cc1cccc(Br)c1)C1CC2CC2C1. The minimum Gasteiger partial charge on any atom is -0.122 e. The van der Waals surface area contributed by atoms with E-state index in [9.17, 15) is 0 Å². The highest BCUT2D eigenvalue weighted by Gasteiger charge is 2.47. The number of hydrogen-bond donors (Lipinski definition) is 0. The number of hydrogen-bond acceptors (Lipinski definition) is 0. The van der Waals surface area contributed by atoms with Crippen LogP contribution in [-0.4, -0.2) is 5.38 Å². The zero-order valence-corrected chi connectivity index (χ0v) is 11.5. The van der Waals surface area contributed by atoms with Crippen LogP contribution in [0.25, 0.3) is 0 Å². The van der Waals surface area contributed by atoms with Crippen LogP contribution >= 0.6 is 27.5 Å². The molecule has 1 aromatic carbocycles. The Hall–Kier alpha value is -0.0100. The molecule has 0 aromatic heterocycles. The Kier molecular flexibility index (Phi) is 3.01. The van der Waals surface area contributed by atoms with Gasteiger partial charge in [0.2, 0.25) is 0 Å². The lowest BCUT2D eigenvalue weighted by Gasteiger charge is -2.18. The number of fused-ring (bicyclic) bond motifs is 1. The third-order valence-electron chi connectivity index (χ3n) is 4.11. The molecule has 2 saturated carbocycles. The third-order valence-corrected chi connectivity index (χ3v) is 5.12. The van der Waals surface area contributed by atoms with Crippen LogP contribution in [0.1, 0.15) is 24.8 Å². The quantitative estimate of drug-likeness (QED) is 0.713. The number of alkyl halides is 1. The largest absolute Gasteiger partial charge is 0.122 e. The molecule has 3 rings (SSSR count). The molecule has 86 valence electrons. The van der Waals surface area contributed by atoms with E-state index >= 15 is 0 Å². The maximum Gasteiger partial charge on any atom is 0.0404 e. The van der Waals surface area contributed by atoms with Gasteiger partial charge in [0.15, 0.2) is 0 Å². The molecule has 2 fully saturated rings. The number of halogens is 2. The predicted octanol–water partition coefficient (Wildman–Crippen LogP) is 4.65. The molecule has 2 heteroatoms. The maximum atomic E-state index is 6.54. The molecule has 3 unspecified atom stereocenters. The van der Waals surface area contributed by atoms with Gasteiger partial charge in [-0.25, -0.2) is 0 Å². The van der Waals surface area contributed by atoms with Crippen LogP contribution in [0.5, 0.6) is 0 Å². The van der Waals surface area contributed by atoms with Gasteiger partial charge in [-0.3, -0.25) is 0 Å². The van der Waals surface area contributed by atoms with Crippen molar-refractivity contribution >= 4 is 27.5 Å². The van der Waals surface area contributed by atoms with Crippen molar-refractivity contribution in [1.82, 2.24) is 0 Å². The Balaban J connectivity index is 1.61. The second kappa shape index (κ2) is 4.34. The molecule has 0 amide bonds. The minimum absolute atomic E-state index is 0.335. The molecule has 0 heterocycles. The first-order chi connectivity index (χ1) is 7.72. The van der Waals surface area contributed by atoms with E-state index in [1.165, 1.54) is 24.8 Å². The highest BCUT2D eigenvalue weighted by atomic mass is 79.9. The average Bonchev–Trinajstić information content (AvgIpc) is 2.86. The summed E-state index contributed by atoms with van der Waals surface area (Å²) in [5.74, 6) is 2.84. The Morgan fingerprint density at radius 3 is 2.69 bits per heavy atom. The van der Waals surface area contributed by atoms with E-state index in [1.807, 2.05) is 0 Å². The van der Waals surface area contributed by atoms with Gasteiger partial charge in [0, 0.05) is 9.85 Å². The average molecular weight is 300 g/mol. The molecule has 3 atom stereocenters.